The molecule has 0 aromatic heterocycles. The van der Waals surface area contributed by atoms with Crippen LogP contribution in [-0.2, 0) is 0 Å². The van der Waals surface area contributed by atoms with Gasteiger partial charge in [0.2, 0.25) is 0 Å². The second-order valence-corrected chi connectivity index (χ2v) is 3.90. The molecule has 2 bridgehead atoms. The molecule has 0 aliphatic heterocycles. The second kappa shape index (κ2) is 2.16. The molecule has 2 rings (SSSR count). The maximum absolute atomic E-state index is 5.80. The van der Waals surface area contributed by atoms with Gasteiger partial charge in [-0.25, -0.2) is 0 Å². The van der Waals surface area contributed by atoms with E-state index in [4.69, 9.17) is 11.6 Å². The van der Waals surface area contributed by atoms with Crippen LogP contribution in [0.4, 0.5) is 0 Å². The van der Waals surface area contributed by atoms with Gasteiger partial charge in [-0.2, -0.15) is 0 Å². The molecule has 0 radical (unpaired) electrons. The largest absolute Gasteiger partial charge is 0.126 e. The zero-order chi connectivity index (χ0) is 6.27. The minimum Gasteiger partial charge on any atom is -0.126 e. The summed E-state index contributed by atoms with van der Waals surface area (Å²) in [6.45, 7) is 0. The van der Waals surface area contributed by atoms with E-state index in [9.17, 15) is 0 Å². The Hall–Kier alpha value is 0.290. The summed E-state index contributed by atoms with van der Waals surface area (Å²) in [7, 11) is 0. The lowest BCUT2D eigenvalue weighted by Crippen LogP contribution is -2.11. The van der Waals surface area contributed by atoms with Gasteiger partial charge in [0.15, 0.2) is 0 Å². The van der Waals surface area contributed by atoms with E-state index >= 15 is 0 Å². The Balaban J connectivity index is 2.01. The van der Waals surface area contributed by atoms with Gasteiger partial charge in [0.1, 0.15) is 0 Å². The maximum atomic E-state index is 5.80. The molecule has 3 atom stereocenters. The van der Waals surface area contributed by atoms with Crippen molar-refractivity contribution in [2.24, 2.45) is 17.8 Å². The normalized spacial score (nSPS) is 48.3. The summed E-state index contributed by atoms with van der Waals surface area (Å²) in [5.41, 5.74) is 0. The highest BCUT2D eigenvalue weighted by Gasteiger charge is 2.38. The van der Waals surface area contributed by atoms with Gasteiger partial charge in [0.05, 0.1) is 0 Å². The van der Waals surface area contributed by atoms with Gasteiger partial charge in [-0.1, -0.05) is 6.42 Å². The first kappa shape index (κ1) is 6.03. The minimum absolute atomic E-state index is 0.894. The summed E-state index contributed by atoms with van der Waals surface area (Å²) in [6.07, 6.45) is 5.91. The number of fused-ring (bicyclic) bond motifs is 2. The van der Waals surface area contributed by atoms with Crippen LogP contribution >= 0.6 is 11.6 Å². The van der Waals surface area contributed by atoms with Crippen molar-refractivity contribution >= 4 is 11.6 Å². The van der Waals surface area contributed by atoms with Crippen molar-refractivity contribution < 1.29 is 0 Å². The summed E-state index contributed by atoms with van der Waals surface area (Å²) < 4.78 is 0. The zero-order valence-electron chi connectivity index (χ0n) is 5.65. The summed E-state index contributed by atoms with van der Waals surface area (Å²) >= 11 is 5.80. The third-order valence-electron chi connectivity index (χ3n) is 3.08. The van der Waals surface area contributed by atoms with Gasteiger partial charge in [-0.3, -0.25) is 0 Å². The van der Waals surface area contributed by atoms with Gasteiger partial charge in [0, 0.05) is 5.88 Å². The van der Waals surface area contributed by atoms with Crippen molar-refractivity contribution in [3.8, 4) is 0 Å². The van der Waals surface area contributed by atoms with Crippen LogP contribution in [0.2, 0.25) is 0 Å². The zero-order valence-corrected chi connectivity index (χ0v) is 6.40. The molecule has 2 aliphatic rings. The van der Waals surface area contributed by atoms with Crippen molar-refractivity contribution in [2.45, 2.75) is 25.7 Å². The molecule has 0 spiro atoms. The fraction of sp³-hybridized carbons (Fsp3) is 1.00. The monoisotopic (exact) mass is 144 g/mol. The van der Waals surface area contributed by atoms with E-state index in [0.29, 0.717) is 0 Å². The quantitative estimate of drug-likeness (QED) is 0.497. The molecule has 0 N–H and O–H groups in total. The number of halogens is 1. The van der Waals surface area contributed by atoms with E-state index in [1.165, 1.54) is 25.7 Å². The van der Waals surface area contributed by atoms with E-state index in [0.717, 1.165) is 23.6 Å². The molecule has 0 aromatic carbocycles. The first-order valence-electron chi connectivity index (χ1n) is 3.96. The van der Waals surface area contributed by atoms with E-state index in [1.54, 1.807) is 0 Å². The second-order valence-electron chi connectivity index (χ2n) is 3.59. The predicted molar refractivity (Wildman–Crippen MR) is 39.7 cm³/mol. The SMILES string of the molecule is ClC[C@H]1C[C@H]2CC[C@H]1C2. The van der Waals surface area contributed by atoms with Gasteiger partial charge in [-0.15, -0.1) is 11.6 Å². The van der Waals surface area contributed by atoms with Crippen LogP contribution in [-0.4, -0.2) is 5.88 Å². The first-order chi connectivity index (χ1) is 4.40. The molecule has 2 saturated carbocycles. The average molecular weight is 145 g/mol. The van der Waals surface area contributed by atoms with E-state index in [-0.39, 0.29) is 0 Å². The topological polar surface area (TPSA) is 0 Å². The number of hydrogen-bond acceptors (Lipinski definition) is 0. The number of hydrogen-bond donors (Lipinski definition) is 0. The van der Waals surface area contributed by atoms with Crippen molar-refractivity contribution in [1.29, 1.82) is 0 Å². The Morgan fingerprint density at radius 3 is 2.44 bits per heavy atom. The molecule has 0 amide bonds. The molecule has 52 valence electrons. The van der Waals surface area contributed by atoms with Crippen LogP contribution in [0.25, 0.3) is 0 Å². The van der Waals surface area contributed by atoms with Crippen molar-refractivity contribution in [2.75, 3.05) is 5.88 Å². The molecule has 0 heterocycles. The smallest absolute Gasteiger partial charge is 0.0254 e. The molecule has 0 unspecified atom stereocenters. The van der Waals surface area contributed by atoms with Crippen LogP contribution in [0.5, 0.6) is 0 Å². The molecule has 1 heteroatoms. The molecular formula is C8H13Cl. The maximum Gasteiger partial charge on any atom is 0.0254 e. The number of alkyl halides is 1. The fourth-order valence-corrected chi connectivity index (χ4v) is 2.94. The molecule has 9 heavy (non-hydrogen) atoms. The van der Waals surface area contributed by atoms with Crippen molar-refractivity contribution in [3.63, 3.8) is 0 Å². The number of rotatable bonds is 1. The van der Waals surface area contributed by atoms with Crippen molar-refractivity contribution in [3.05, 3.63) is 0 Å². The Kier molecular flexibility index (Phi) is 1.45. The Bertz CT molecular complexity index is 111. The Morgan fingerprint density at radius 2 is 2.11 bits per heavy atom. The fourth-order valence-electron chi connectivity index (χ4n) is 2.57. The highest BCUT2D eigenvalue weighted by molar-refractivity contribution is 6.18. The standard InChI is InChI=1S/C8H13Cl/c9-5-8-4-6-1-2-7(8)3-6/h6-8H,1-5H2/t6-,7-,8+/m0/s1. The summed E-state index contributed by atoms with van der Waals surface area (Å²) in [5.74, 6) is 3.90. The molecule has 2 fully saturated rings. The van der Waals surface area contributed by atoms with Crippen LogP contribution in [0, 0.1) is 17.8 Å². The molecule has 0 aromatic rings. The molecule has 0 saturated heterocycles. The lowest BCUT2D eigenvalue weighted by atomic mass is 9.90. The average Bonchev–Trinajstić information content (AvgIpc) is 2.45. The van der Waals surface area contributed by atoms with E-state index in [2.05, 4.69) is 0 Å². The van der Waals surface area contributed by atoms with Gasteiger partial charge in [0.25, 0.3) is 0 Å². The van der Waals surface area contributed by atoms with Crippen LogP contribution < -0.4 is 0 Å². The summed E-state index contributed by atoms with van der Waals surface area (Å²) in [6, 6.07) is 0. The Morgan fingerprint density at radius 1 is 1.22 bits per heavy atom. The van der Waals surface area contributed by atoms with Crippen LogP contribution in [0.15, 0.2) is 0 Å². The Labute approximate surface area is 61.6 Å². The predicted octanol–water partition coefficient (Wildman–Crippen LogP) is 2.66. The van der Waals surface area contributed by atoms with Crippen LogP contribution in [0.3, 0.4) is 0 Å². The highest BCUT2D eigenvalue weighted by atomic mass is 35.5. The van der Waals surface area contributed by atoms with Gasteiger partial charge >= 0.3 is 0 Å². The third-order valence-corrected chi connectivity index (χ3v) is 3.48. The first-order valence-corrected chi connectivity index (χ1v) is 4.49. The minimum atomic E-state index is 0.894. The lowest BCUT2D eigenvalue weighted by Gasteiger charge is -2.17. The summed E-state index contributed by atoms with van der Waals surface area (Å²) in [4.78, 5) is 0. The van der Waals surface area contributed by atoms with Crippen molar-refractivity contribution in [1.82, 2.24) is 0 Å². The highest BCUT2D eigenvalue weighted by Crippen LogP contribution is 2.48. The van der Waals surface area contributed by atoms with Gasteiger partial charge < -0.3 is 0 Å². The van der Waals surface area contributed by atoms with Crippen LogP contribution in [0.1, 0.15) is 25.7 Å². The van der Waals surface area contributed by atoms with E-state index < -0.39 is 0 Å². The molecule has 0 nitrogen and oxygen atoms in total. The lowest BCUT2D eigenvalue weighted by molar-refractivity contribution is 0.364. The van der Waals surface area contributed by atoms with Gasteiger partial charge in [-0.05, 0) is 37.0 Å². The molecular weight excluding hydrogens is 132 g/mol. The van der Waals surface area contributed by atoms with E-state index in [1.807, 2.05) is 0 Å². The third kappa shape index (κ3) is 0.881. The molecule has 2 aliphatic carbocycles. The summed E-state index contributed by atoms with van der Waals surface area (Å²) in [5, 5.41) is 0.